The molecule has 2 aromatic carbocycles. The summed E-state index contributed by atoms with van der Waals surface area (Å²) in [7, 11) is -2.36. The molecule has 0 aromatic heterocycles. The highest BCUT2D eigenvalue weighted by Crippen LogP contribution is 2.40. The molecule has 9 nitrogen and oxygen atoms in total. The van der Waals surface area contributed by atoms with Crippen molar-refractivity contribution in [3.63, 3.8) is 0 Å². The summed E-state index contributed by atoms with van der Waals surface area (Å²) in [5.41, 5.74) is 1.19. The van der Waals surface area contributed by atoms with E-state index in [-0.39, 0.29) is 11.3 Å². The van der Waals surface area contributed by atoms with Gasteiger partial charge in [-0.25, -0.2) is 13.2 Å². The second-order valence-corrected chi connectivity index (χ2v) is 8.57. The second-order valence-electron chi connectivity index (χ2n) is 6.56. The van der Waals surface area contributed by atoms with Crippen molar-refractivity contribution < 1.29 is 27.8 Å². The monoisotopic (exact) mass is 447 g/mol. The maximum absolute atomic E-state index is 12.2. The van der Waals surface area contributed by atoms with Gasteiger partial charge in [0.05, 0.1) is 36.8 Å². The molecule has 0 radical (unpaired) electrons. The van der Waals surface area contributed by atoms with E-state index >= 15 is 0 Å². The number of sulfonamides is 1. The first-order valence-electron chi connectivity index (χ1n) is 9.49. The molecule has 0 spiro atoms. The maximum atomic E-state index is 12.2. The molecule has 0 heterocycles. The van der Waals surface area contributed by atoms with Crippen LogP contribution in [0.15, 0.2) is 36.4 Å². The number of nitrogens with zero attached hydrogens (tertiary/aromatic N) is 2. The van der Waals surface area contributed by atoms with Gasteiger partial charge in [-0.05, 0) is 44.2 Å². The second kappa shape index (κ2) is 10.0. The highest BCUT2D eigenvalue weighted by atomic mass is 32.2. The van der Waals surface area contributed by atoms with Crippen LogP contribution in [0, 0.1) is 11.3 Å². The molecule has 0 fully saturated rings. The Hall–Kier alpha value is -3.45. The third-order valence-corrected chi connectivity index (χ3v) is 5.60. The van der Waals surface area contributed by atoms with Gasteiger partial charge in [0.15, 0.2) is 17.5 Å². The number of hydrogen-bond acceptors (Lipinski definition) is 7. The van der Waals surface area contributed by atoms with Crippen molar-refractivity contribution in [1.29, 1.82) is 5.26 Å². The van der Waals surface area contributed by atoms with E-state index in [1.165, 1.54) is 19.2 Å². The van der Waals surface area contributed by atoms with Gasteiger partial charge in [0.2, 0.25) is 10.0 Å². The number of rotatable bonds is 10. The number of aliphatic carboxylic acids is 1. The van der Waals surface area contributed by atoms with E-state index in [2.05, 4.69) is 5.32 Å². The Bertz CT molecular complexity index is 1080. The van der Waals surface area contributed by atoms with Crippen molar-refractivity contribution in [2.75, 3.05) is 36.1 Å². The van der Waals surface area contributed by atoms with Crippen molar-refractivity contribution in [2.45, 2.75) is 19.9 Å². The van der Waals surface area contributed by atoms with Crippen LogP contribution in [0.2, 0.25) is 0 Å². The average molecular weight is 448 g/mol. The highest BCUT2D eigenvalue weighted by Gasteiger charge is 2.29. The molecular weight excluding hydrogens is 422 g/mol. The molecule has 31 heavy (non-hydrogen) atoms. The summed E-state index contributed by atoms with van der Waals surface area (Å²) >= 11 is 0. The number of carboxylic acid groups (broad SMARTS) is 1. The summed E-state index contributed by atoms with van der Waals surface area (Å²) in [4.78, 5) is 12.2. The van der Waals surface area contributed by atoms with E-state index in [9.17, 15) is 18.3 Å². The molecule has 0 amide bonds. The molecule has 2 N–H and O–H groups in total. The van der Waals surface area contributed by atoms with Crippen LogP contribution in [0.4, 0.5) is 11.4 Å². The lowest BCUT2D eigenvalue weighted by atomic mass is 10.0. The van der Waals surface area contributed by atoms with Gasteiger partial charge in [-0.2, -0.15) is 5.26 Å². The van der Waals surface area contributed by atoms with Crippen LogP contribution in [0.1, 0.15) is 31.0 Å². The molecule has 166 valence electrons. The van der Waals surface area contributed by atoms with Gasteiger partial charge in [-0.3, -0.25) is 4.31 Å². The minimum Gasteiger partial charge on any atom is -0.490 e. The first kappa shape index (κ1) is 23.8. The molecule has 0 aliphatic carbocycles. The average Bonchev–Trinajstić information content (AvgIpc) is 2.72. The Labute approximate surface area is 181 Å². The number of anilines is 2. The zero-order valence-electron chi connectivity index (χ0n) is 17.7. The Morgan fingerprint density at radius 2 is 1.71 bits per heavy atom. The molecule has 0 saturated carbocycles. The van der Waals surface area contributed by atoms with Crippen molar-refractivity contribution in [3.05, 3.63) is 47.5 Å². The fourth-order valence-corrected chi connectivity index (χ4v) is 3.38. The zero-order chi connectivity index (χ0) is 23.2. The summed E-state index contributed by atoms with van der Waals surface area (Å²) in [6.45, 7) is 4.17. The number of hydrogen-bond donors (Lipinski definition) is 2. The Morgan fingerprint density at radius 3 is 2.16 bits per heavy atom. The lowest BCUT2D eigenvalue weighted by molar-refractivity contribution is -0.138. The predicted octanol–water partition coefficient (Wildman–Crippen LogP) is 2.99. The summed E-state index contributed by atoms with van der Waals surface area (Å²) < 4.78 is 36.7. The van der Waals surface area contributed by atoms with Crippen LogP contribution in [-0.2, 0) is 14.8 Å². The molecule has 1 atom stereocenters. The number of nitriles is 1. The minimum absolute atomic E-state index is 0.142. The van der Waals surface area contributed by atoms with Crippen molar-refractivity contribution >= 4 is 27.4 Å². The van der Waals surface area contributed by atoms with Gasteiger partial charge in [0, 0.05) is 24.4 Å². The number of nitrogens with one attached hydrogen (secondary N) is 1. The van der Waals surface area contributed by atoms with Crippen LogP contribution >= 0.6 is 0 Å². The van der Waals surface area contributed by atoms with E-state index in [0.717, 1.165) is 10.6 Å². The molecule has 0 aliphatic heterocycles. The highest BCUT2D eigenvalue weighted by molar-refractivity contribution is 7.92. The van der Waals surface area contributed by atoms with Gasteiger partial charge >= 0.3 is 5.97 Å². The summed E-state index contributed by atoms with van der Waals surface area (Å²) in [6, 6.07) is 9.88. The molecular formula is C21H25N3O6S. The molecule has 0 saturated heterocycles. The van der Waals surface area contributed by atoms with E-state index in [1.807, 2.05) is 6.07 Å². The lowest BCUT2D eigenvalue weighted by Gasteiger charge is -2.26. The summed E-state index contributed by atoms with van der Waals surface area (Å²) in [5.74, 6) is -0.613. The minimum atomic E-state index is -3.70. The topological polar surface area (TPSA) is 129 Å². The SMILES string of the molecule is CCOc1cc(C(Nc2ccc(C#N)cc2)C(=O)O)c(N(C)S(C)(=O)=O)cc1OCC. The van der Waals surface area contributed by atoms with Gasteiger partial charge in [-0.1, -0.05) is 0 Å². The predicted molar refractivity (Wildman–Crippen MR) is 117 cm³/mol. The molecule has 10 heteroatoms. The molecule has 2 aromatic rings. The summed E-state index contributed by atoms with van der Waals surface area (Å²) in [6.07, 6.45) is 1.03. The van der Waals surface area contributed by atoms with E-state index < -0.39 is 22.0 Å². The molecule has 0 bridgehead atoms. The van der Waals surface area contributed by atoms with Crippen LogP contribution in [0.5, 0.6) is 11.5 Å². The van der Waals surface area contributed by atoms with Gasteiger partial charge in [0.1, 0.15) is 0 Å². The fourth-order valence-electron chi connectivity index (χ4n) is 2.86. The van der Waals surface area contributed by atoms with E-state index in [0.29, 0.717) is 36.0 Å². The van der Waals surface area contributed by atoms with Crippen molar-refractivity contribution in [1.82, 2.24) is 0 Å². The number of benzene rings is 2. The zero-order valence-corrected chi connectivity index (χ0v) is 18.6. The van der Waals surface area contributed by atoms with E-state index in [1.54, 1.807) is 38.1 Å². The van der Waals surface area contributed by atoms with Crippen molar-refractivity contribution in [3.8, 4) is 17.6 Å². The largest absolute Gasteiger partial charge is 0.490 e. The van der Waals surface area contributed by atoms with E-state index in [4.69, 9.17) is 14.7 Å². The Balaban J connectivity index is 2.67. The molecule has 1 unspecified atom stereocenters. The molecule has 2 rings (SSSR count). The van der Waals surface area contributed by atoms with Crippen LogP contribution in [0.3, 0.4) is 0 Å². The normalized spacial score (nSPS) is 11.8. The quantitative estimate of drug-likeness (QED) is 0.569. The van der Waals surface area contributed by atoms with Crippen LogP contribution in [0.25, 0.3) is 0 Å². The number of ether oxygens (including phenoxy) is 2. The third kappa shape index (κ3) is 5.79. The lowest BCUT2D eigenvalue weighted by Crippen LogP contribution is -2.29. The standard InChI is InChI=1S/C21H25N3O6S/c1-5-29-18-11-16(17(12-19(18)30-6-2)24(3)31(4,27)28)20(21(25)26)23-15-9-7-14(13-22)8-10-15/h7-12,20,23H,5-6H2,1-4H3,(H,25,26). The summed E-state index contributed by atoms with van der Waals surface area (Å²) in [5, 5.41) is 21.8. The van der Waals surface area contributed by atoms with Gasteiger partial charge < -0.3 is 19.9 Å². The first-order valence-corrected chi connectivity index (χ1v) is 11.3. The van der Waals surface area contributed by atoms with Gasteiger partial charge in [-0.15, -0.1) is 0 Å². The first-order chi connectivity index (χ1) is 14.6. The Morgan fingerprint density at radius 1 is 1.16 bits per heavy atom. The molecule has 0 aliphatic rings. The Kier molecular flexibility index (Phi) is 7.72. The van der Waals surface area contributed by atoms with Crippen LogP contribution in [-0.4, -0.2) is 46.0 Å². The van der Waals surface area contributed by atoms with Crippen LogP contribution < -0.4 is 19.1 Å². The fraction of sp³-hybridized carbons (Fsp3) is 0.333. The van der Waals surface area contributed by atoms with Gasteiger partial charge in [0.25, 0.3) is 0 Å². The number of carboxylic acids is 1. The smallest absolute Gasteiger partial charge is 0.330 e. The number of carbonyl (C=O) groups is 1. The third-order valence-electron chi connectivity index (χ3n) is 4.41. The van der Waals surface area contributed by atoms with Crippen molar-refractivity contribution in [2.24, 2.45) is 0 Å². The maximum Gasteiger partial charge on any atom is 0.330 e.